The lowest BCUT2D eigenvalue weighted by Crippen LogP contribution is -2.16. The number of hydrogen-bond acceptors (Lipinski definition) is 4. The molecule has 1 aromatic heterocycles. The van der Waals surface area contributed by atoms with E-state index in [2.05, 4.69) is 20.3 Å². The summed E-state index contributed by atoms with van der Waals surface area (Å²) in [4.78, 5) is 8.30. The van der Waals surface area contributed by atoms with Gasteiger partial charge < -0.3 is 0 Å². The predicted molar refractivity (Wildman–Crippen MR) is 51.2 cm³/mol. The van der Waals surface area contributed by atoms with Gasteiger partial charge in [-0.15, -0.1) is 17.5 Å². The average Bonchev–Trinajstić information content (AvgIpc) is 2.71. The molecule has 2 aliphatic rings. The molecule has 1 aromatic rings. The van der Waals surface area contributed by atoms with Crippen molar-refractivity contribution in [1.82, 2.24) is 15.0 Å². The number of halogens is 1. The Balaban J connectivity index is 0.000000653. The van der Waals surface area contributed by atoms with Gasteiger partial charge in [0.25, 0.3) is 0 Å². The lowest BCUT2D eigenvalue weighted by atomic mass is 10.2. The lowest BCUT2D eigenvalue weighted by Gasteiger charge is -2.10. The van der Waals surface area contributed by atoms with E-state index in [1.165, 1.54) is 0 Å². The van der Waals surface area contributed by atoms with Crippen LogP contribution < -0.4 is 0 Å². The van der Waals surface area contributed by atoms with Crippen LogP contribution in [0.5, 0.6) is 0 Å². The summed E-state index contributed by atoms with van der Waals surface area (Å²) in [7, 11) is 0. The molecule has 0 fully saturated rings. The minimum atomic E-state index is 0. The van der Waals surface area contributed by atoms with Crippen molar-refractivity contribution in [2.45, 2.75) is 6.54 Å². The van der Waals surface area contributed by atoms with Gasteiger partial charge in [-0.25, -0.2) is 4.68 Å². The molecule has 0 aromatic carbocycles. The highest BCUT2D eigenvalue weighted by atomic mass is 35.5. The number of rotatable bonds is 0. The molecule has 6 heteroatoms. The second-order valence-electron chi connectivity index (χ2n) is 2.63. The minimum absolute atomic E-state index is 0. The molecular weight excluding hydrogens is 190 g/mol. The van der Waals surface area contributed by atoms with E-state index in [1.54, 1.807) is 23.3 Å². The Bertz CT molecular complexity index is 428. The molecule has 0 amide bonds. The zero-order valence-electron chi connectivity index (χ0n) is 6.58. The quantitative estimate of drug-likeness (QED) is 0.607. The van der Waals surface area contributed by atoms with Crippen molar-refractivity contribution < 1.29 is 0 Å². The minimum Gasteiger partial charge on any atom is -0.275 e. The van der Waals surface area contributed by atoms with Gasteiger partial charge in [-0.05, 0) is 0 Å². The molecule has 0 unspecified atom stereocenters. The third-order valence-corrected chi connectivity index (χ3v) is 1.92. The SMILES string of the molecule is C1=NC=C2C1=NCc1cnnn12.Cl. The fraction of sp³-hybridized carbons (Fsp3) is 0.143. The van der Waals surface area contributed by atoms with Crippen LogP contribution in [0, 0.1) is 0 Å². The Hall–Kier alpha value is -1.49. The van der Waals surface area contributed by atoms with E-state index in [9.17, 15) is 0 Å². The first kappa shape index (κ1) is 8.12. The van der Waals surface area contributed by atoms with E-state index in [4.69, 9.17) is 0 Å². The van der Waals surface area contributed by atoms with Crippen LogP contribution in [0.25, 0.3) is 5.70 Å². The molecule has 0 saturated carbocycles. The molecule has 0 atom stereocenters. The fourth-order valence-corrected chi connectivity index (χ4v) is 1.33. The Kier molecular flexibility index (Phi) is 1.73. The van der Waals surface area contributed by atoms with Gasteiger partial charge in [-0.1, -0.05) is 5.21 Å². The van der Waals surface area contributed by atoms with E-state index in [0.29, 0.717) is 6.54 Å². The van der Waals surface area contributed by atoms with Crippen LogP contribution in [0.4, 0.5) is 0 Å². The topological polar surface area (TPSA) is 55.4 Å². The number of fused-ring (bicyclic) bond motifs is 3. The van der Waals surface area contributed by atoms with Crippen LogP contribution in [0.1, 0.15) is 5.69 Å². The smallest absolute Gasteiger partial charge is 0.112 e. The summed E-state index contributed by atoms with van der Waals surface area (Å²) in [5.41, 5.74) is 2.83. The zero-order valence-corrected chi connectivity index (χ0v) is 7.40. The first-order chi connectivity index (χ1) is 5.95. The lowest BCUT2D eigenvalue weighted by molar-refractivity contribution is 0.774. The Morgan fingerprint density at radius 2 is 2.31 bits per heavy atom. The zero-order chi connectivity index (χ0) is 7.97. The number of aromatic nitrogens is 3. The Morgan fingerprint density at radius 1 is 1.38 bits per heavy atom. The van der Waals surface area contributed by atoms with Gasteiger partial charge in [0.05, 0.1) is 30.9 Å². The van der Waals surface area contributed by atoms with Crippen molar-refractivity contribution >= 4 is 30.0 Å². The highest BCUT2D eigenvalue weighted by molar-refractivity contribution is 6.50. The third kappa shape index (κ3) is 1.01. The van der Waals surface area contributed by atoms with Crippen molar-refractivity contribution in [3.63, 3.8) is 0 Å². The van der Waals surface area contributed by atoms with Gasteiger partial charge in [0.1, 0.15) is 11.4 Å². The van der Waals surface area contributed by atoms with Crippen molar-refractivity contribution in [2.24, 2.45) is 9.98 Å². The molecule has 5 nitrogen and oxygen atoms in total. The standard InChI is InChI=1S/C7H5N5.ClH/c1-5-2-10-11-12(5)7-4-8-3-6(7)9-1;/h2-4H,1H2;1H. The van der Waals surface area contributed by atoms with E-state index < -0.39 is 0 Å². The highest BCUT2D eigenvalue weighted by Crippen LogP contribution is 2.18. The van der Waals surface area contributed by atoms with Gasteiger partial charge in [-0.2, -0.15) is 0 Å². The highest BCUT2D eigenvalue weighted by Gasteiger charge is 2.20. The van der Waals surface area contributed by atoms with Crippen molar-refractivity contribution in [3.05, 3.63) is 18.1 Å². The summed E-state index contributed by atoms with van der Waals surface area (Å²) in [6.45, 7) is 0.645. The molecule has 2 aliphatic heterocycles. The summed E-state index contributed by atoms with van der Waals surface area (Å²) in [6, 6.07) is 0. The molecule has 3 heterocycles. The van der Waals surface area contributed by atoms with Gasteiger partial charge in [0.2, 0.25) is 0 Å². The van der Waals surface area contributed by atoms with Gasteiger partial charge in [-0.3, -0.25) is 9.98 Å². The van der Waals surface area contributed by atoms with E-state index in [-0.39, 0.29) is 12.4 Å². The first-order valence-electron chi connectivity index (χ1n) is 3.63. The molecule has 13 heavy (non-hydrogen) atoms. The van der Waals surface area contributed by atoms with Gasteiger partial charge in [0, 0.05) is 0 Å². The maximum atomic E-state index is 4.30. The van der Waals surface area contributed by atoms with Crippen LogP contribution in [-0.4, -0.2) is 26.9 Å². The molecule has 0 N–H and O–H groups in total. The van der Waals surface area contributed by atoms with Crippen molar-refractivity contribution in [1.29, 1.82) is 0 Å². The van der Waals surface area contributed by atoms with Crippen LogP contribution in [0.15, 0.2) is 22.4 Å². The Morgan fingerprint density at radius 3 is 3.23 bits per heavy atom. The number of aliphatic imine (C=N–C) groups is 2. The van der Waals surface area contributed by atoms with Crippen molar-refractivity contribution in [2.75, 3.05) is 0 Å². The summed E-state index contributed by atoms with van der Waals surface area (Å²) in [6.07, 6.45) is 5.20. The van der Waals surface area contributed by atoms with Gasteiger partial charge in [0.15, 0.2) is 0 Å². The number of nitrogens with zero attached hydrogens (tertiary/aromatic N) is 5. The van der Waals surface area contributed by atoms with E-state index >= 15 is 0 Å². The second-order valence-corrected chi connectivity index (χ2v) is 2.63. The van der Waals surface area contributed by atoms with Crippen molar-refractivity contribution in [3.8, 4) is 0 Å². The number of hydrogen-bond donors (Lipinski definition) is 0. The van der Waals surface area contributed by atoms with E-state index in [1.807, 2.05) is 0 Å². The summed E-state index contributed by atoms with van der Waals surface area (Å²) in [5, 5.41) is 7.74. The molecule has 0 bridgehead atoms. The summed E-state index contributed by atoms with van der Waals surface area (Å²) >= 11 is 0. The molecule has 0 radical (unpaired) electrons. The Labute approximate surface area is 80.3 Å². The van der Waals surface area contributed by atoms with Gasteiger partial charge >= 0.3 is 0 Å². The molecule has 3 rings (SSSR count). The number of allylic oxidation sites excluding steroid dienone is 1. The summed E-state index contributed by atoms with van der Waals surface area (Å²) in [5.74, 6) is 0. The molecule has 0 saturated heterocycles. The van der Waals surface area contributed by atoms with Crippen LogP contribution >= 0.6 is 12.4 Å². The fourth-order valence-electron chi connectivity index (χ4n) is 1.33. The third-order valence-electron chi connectivity index (χ3n) is 1.92. The molecular formula is C7H6ClN5. The predicted octanol–water partition coefficient (Wildman–Crippen LogP) is 0.537. The molecule has 0 spiro atoms. The van der Waals surface area contributed by atoms with Crippen LogP contribution in [0.2, 0.25) is 0 Å². The molecule has 0 aliphatic carbocycles. The maximum absolute atomic E-state index is 4.30. The van der Waals surface area contributed by atoms with E-state index in [0.717, 1.165) is 17.1 Å². The monoisotopic (exact) mass is 195 g/mol. The first-order valence-corrected chi connectivity index (χ1v) is 3.63. The normalized spacial score (nSPS) is 16.9. The van der Waals surface area contributed by atoms with Crippen LogP contribution in [-0.2, 0) is 6.54 Å². The average molecular weight is 196 g/mol. The summed E-state index contributed by atoms with van der Waals surface area (Å²) < 4.78 is 1.77. The maximum Gasteiger partial charge on any atom is 0.112 e. The largest absolute Gasteiger partial charge is 0.275 e. The molecule has 66 valence electrons. The second kappa shape index (κ2) is 2.77. The van der Waals surface area contributed by atoms with Crippen LogP contribution in [0.3, 0.4) is 0 Å².